The quantitative estimate of drug-likeness (QED) is 0.931. The summed E-state index contributed by atoms with van der Waals surface area (Å²) in [4.78, 5) is 17.0. The minimum Gasteiger partial charge on any atom is -0.325 e. The van der Waals surface area contributed by atoms with E-state index in [1.54, 1.807) is 19.1 Å². The minimum atomic E-state index is -0.405. The second-order valence-corrected chi connectivity index (χ2v) is 7.10. The first kappa shape index (κ1) is 16.7. The number of rotatable bonds is 3. The van der Waals surface area contributed by atoms with Crippen LogP contribution in [0.25, 0.3) is 11.1 Å². The van der Waals surface area contributed by atoms with Crippen molar-refractivity contribution in [1.82, 2.24) is 9.88 Å². The minimum absolute atomic E-state index is 0.0719. The van der Waals surface area contributed by atoms with E-state index in [4.69, 9.17) is 0 Å². The number of aromatic amines is 1. The van der Waals surface area contributed by atoms with Gasteiger partial charge in [-0.05, 0) is 36.2 Å². The summed E-state index contributed by atoms with van der Waals surface area (Å²) >= 11 is 1.92. The molecule has 1 aliphatic heterocycles. The lowest BCUT2D eigenvalue weighted by Crippen LogP contribution is -2.32. The van der Waals surface area contributed by atoms with Gasteiger partial charge in [0.05, 0.1) is 0 Å². The van der Waals surface area contributed by atoms with Gasteiger partial charge in [-0.2, -0.15) is 17.0 Å². The standard InChI is InChI=1S/C18H18FN3OS/c1-12-8-16(17(10-20)18(23)21-12)15-3-2-14(19)9-13(15)11-22-4-6-24-7-5-22/h2-3,8-9H,4-7,11H2,1H3,(H,21,23). The van der Waals surface area contributed by atoms with Crippen LogP contribution in [0.1, 0.15) is 16.8 Å². The Bertz CT molecular complexity index is 850. The zero-order valence-corrected chi connectivity index (χ0v) is 14.3. The van der Waals surface area contributed by atoms with Gasteiger partial charge < -0.3 is 4.98 Å². The van der Waals surface area contributed by atoms with E-state index in [1.807, 2.05) is 17.8 Å². The van der Waals surface area contributed by atoms with Gasteiger partial charge >= 0.3 is 0 Å². The maximum atomic E-state index is 13.8. The van der Waals surface area contributed by atoms with Crippen molar-refractivity contribution in [2.24, 2.45) is 0 Å². The molecule has 2 heterocycles. The van der Waals surface area contributed by atoms with Crippen molar-refractivity contribution < 1.29 is 4.39 Å². The number of hydrogen-bond acceptors (Lipinski definition) is 4. The Kier molecular flexibility index (Phi) is 5.03. The second-order valence-electron chi connectivity index (χ2n) is 5.87. The van der Waals surface area contributed by atoms with Gasteiger partial charge in [0.15, 0.2) is 0 Å². The average Bonchev–Trinajstić information content (AvgIpc) is 2.55. The topological polar surface area (TPSA) is 59.9 Å². The zero-order chi connectivity index (χ0) is 17.1. The van der Waals surface area contributed by atoms with Gasteiger partial charge in [0.2, 0.25) is 0 Å². The van der Waals surface area contributed by atoms with E-state index in [1.165, 1.54) is 12.1 Å². The zero-order valence-electron chi connectivity index (χ0n) is 13.4. The molecule has 0 aliphatic carbocycles. The summed E-state index contributed by atoms with van der Waals surface area (Å²) in [7, 11) is 0. The molecule has 0 bridgehead atoms. The average molecular weight is 343 g/mol. The lowest BCUT2D eigenvalue weighted by atomic mass is 9.95. The van der Waals surface area contributed by atoms with Gasteiger partial charge in [0, 0.05) is 42.4 Å². The monoisotopic (exact) mass is 343 g/mol. The van der Waals surface area contributed by atoms with Crippen LogP contribution < -0.4 is 5.56 Å². The van der Waals surface area contributed by atoms with Gasteiger partial charge in [-0.15, -0.1) is 0 Å². The van der Waals surface area contributed by atoms with Gasteiger partial charge in [0.25, 0.3) is 5.56 Å². The number of pyridine rings is 1. The van der Waals surface area contributed by atoms with Crippen molar-refractivity contribution >= 4 is 11.8 Å². The highest BCUT2D eigenvalue weighted by atomic mass is 32.2. The summed E-state index contributed by atoms with van der Waals surface area (Å²) in [5.41, 5.74) is 2.47. The fourth-order valence-corrected chi connectivity index (χ4v) is 3.95. The predicted molar refractivity (Wildman–Crippen MR) is 94.5 cm³/mol. The fraction of sp³-hybridized carbons (Fsp3) is 0.333. The lowest BCUT2D eigenvalue weighted by molar-refractivity contribution is 0.294. The van der Waals surface area contributed by atoms with E-state index in [0.717, 1.165) is 35.7 Å². The molecule has 124 valence electrons. The Hall–Kier alpha value is -2.10. The lowest BCUT2D eigenvalue weighted by Gasteiger charge is -2.27. The number of aromatic nitrogens is 1. The van der Waals surface area contributed by atoms with Crippen LogP contribution in [-0.2, 0) is 6.54 Å². The number of nitrogens with zero attached hydrogens (tertiary/aromatic N) is 2. The summed E-state index contributed by atoms with van der Waals surface area (Å²) < 4.78 is 13.8. The van der Waals surface area contributed by atoms with Gasteiger partial charge in [-0.1, -0.05) is 6.07 Å². The third-order valence-electron chi connectivity index (χ3n) is 4.13. The third-order valence-corrected chi connectivity index (χ3v) is 5.08. The maximum Gasteiger partial charge on any atom is 0.266 e. The summed E-state index contributed by atoms with van der Waals surface area (Å²) in [6.45, 7) is 4.31. The number of hydrogen-bond donors (Lipinski definition) is 1. The Morgan fingerprint density at radius 1 is 1.29 bits per heavy atom. The van der Waals surface area contributed by atoms with E-state index in [9.17, 15) is 14.4 Å². The molecule has 1 aliphatic rings. The number of H-pyrrole nitrogens is 1. The van der Waals surface area contributed by atoms with Gasteiger partial charge in [-0.3, -0.25) is 9.69 Å². The molecule has 0 spiro atoms. The highest BCUT2D eigenvalue weighted by Gasteiger charge is 2.17. The molecule has 1 aromatic carbocycles. The Morgan fingerprint density at radius 2 is 2.04 bits per heavy atom. The molecule has 1 fully saturated rings. The molecule has 2 aromatic rings. The number of benzene rings is 1. The van der Waals surface area contributed by atoms with Crippen LogP contribution in [0.2, 0.25) is 0 Å². The molecular formula is C18H18FN3OS. The summed E-state index contributed by atoms with van der Waals surface area (Å²) in [6, 6.07) is 8.31. The first-order valence-electron chi connectivity index (χ1n) is 7.81. The van der Waals surface area contributed by atoms with Crippen LogP contribution in [0.3, 0.4) is 0 Å². The SMILES string of the molecule is Cc1cc(-c2ccc(F)cc2CN2CCSCC2)c(C#N)c(=O)[nH]1. The van der Waals surface area contributed by atoms with Crippen LogP contribution >= 0.6 is 11.8 Å². The van der Waals surface area contributed by atoms with Crippen molar-refractivity contribution in [3.8, 4) is 17.2 Å². The molecule has 0 atom stereocenters. The van der Waals surface area contributed by atoms with Crippen molar-refractivity contribution in [3.05, 3.63) is 57.3 Å². The first-order chi connectivity index (χ1) is 11.6. The van der Waals surface area contributed by atoms with Crippen LogP contribution in [0.5, 0.6) is 0 Å². The molecule has 0 radical (unpaired) electrons. The van der Waals surface area contributed by atoms with Crippen LogP contribution in [0, 0.1) is 24.1 Å². The van der Waals surface area contributed by atoms with E-state index in [2.05, 4.69) is 9.88 Å². The summed E-state index contributed by atoms with van der Waals surface area (Å²) in [5.74, 6) is 1.83. The molecule has 3 rings (SSSR count). The smallest absolute Gasteiger partial charge is 0.266 e. The van der Waals surface area contributed by atoms with Crippen LogP contribution in [0.4, 0.5) is 4.39 Å². The largest absolute Gasteiger partial charge is 0.325 e. The van der Waals surface area contributed by atoms with Gasteiger partial charge in [0.1, 0.15) is 17.4 Å². The highest BCUT2D eigenvalue weighted by molar-refractivity contribution is 7.99. The van der Waals surface area contributed by atoms with Gasteiger partial charge in [-0.25, -0.2) is 4.39 Å². The predicted octanol–water partition coefficient (Wildman–Crippen LogP) is 2.91. The number of thioether (sulfide) groups is 1. The highest BCUT2D eigenvalue weighted by Crippen LogP contribution is 2.28. The fourth-order valence-electron chi connectivity index (χ4n) is 2.97. The molecule has 1 saturated heterocycles. The van der Waals surface area contributed by atoms with E-state index in [-0.39, 0.29) is 11.4 Å². The molecule has 0 amide bonds. The number of halogens is 1. The van der Waals surface area contributed by atoms with E-state index in [0.29, 0.717) is 17.8 Å². The van der Waals surface area contributed by atoms with Crippen molar-refractivity contribution in [1.29, 1.82) is 5.26 Å². The normalized spacial score (nSPS) is 15.2. The van der Waals surface area contributed by atoms with Crippen molar-refractivity contribution in [2.75, 3.05) is 24.6 Å². The molecule has 1 aromatic heterocycles. The molecule has 24 heavy (non-hydrogen) atoms. The number of nitriles is 1. The molecule has 1 N–H and O–H groups in total. The molecule has 0 saturated carbocycles. The van der Waals surface area contributed by atoms with Crippen molar-refractivity contribution in [2.45, 2.75) is 13.5 Å². The summed E-state index contributed by atoms with van der Waals surface area (Å²) in [6.07, 6.45) is 0. The van der Waals surface area contributed by atoms with Crippen molar-refractivity contribution in [3.63, 3.8) is 0 Å². The van der Waals surface area contributed by atoms with Crippen LogP contribution in [0.15, 0.2) is 29.1 Å². The molecule has 0 unspecified atom stereocenters. The Balaban J connectivity index is 2.08. The Labute approximate surface area is 144 Å². The van der Waals surface area contributed by atoms with E-state index < -0.39 is 5.56 Å². The van der Waals surface area contributed by atoms with Crippen LogP contribution in [-0.4, -0.2) is 34.5 Å². The molecule has 6 heteroatoms. The molecular weight excluding hydrogens is 325 g/mol. The van der Waals surface area contributed by atoms with E-state index >= 15 is 0 Å². The second kappa shape index (κ2) is 7.20. The number of aryl methyl sites for hydroxylation is 1. The Morgan fingerprint density at radius 3 is 2.75 bits per heavy atom. The summed E-state index contributed by atoms with van der Waals surface area (Å²) in [5, 5.41) is 9.36. The molecule has 4 nitrogen and oxygen atoms in total. The third kappa shape index (κ3) is 3.53. The number of nitrogens with one attached hydrogen (secondary N) is 1. The maximum absolute atomic E-state index is 13.8. The first-order valence-corrected chi connectivity index (χ1v) is 8.97.